The van der Waals surface area contributed by atoms with Crippen LogP contribution in [0.15, 0.2) is 12.7 Å². The Bertz CT molecular complexity index is 288. The van der Waals surface area contributed by atoms with Gasteiger partial charge in [0, 0.05) is 13.1 Å². The molecule has 0 aromatic heterocycles. The van der Waals surface area contributed by atoms with Crippen molar-refractivity contribution >= 4 is 11.9 Å². The van der Waals surface area contributed by atoms with Crippen LogP contribution in [-0.2, 0) is 4.79 Å². The fraction of sp³-hybridized carbons (Fsp3) is 0.600. The average Bonchev–Trinajstić information content (AvgIpc) is 2.25. The number of amides is 3. The summed E-state index contributed by atoms with van der Waals surface area (Å²) < 4.78 is 24.3. The molecule has 18 heavy (non-hydrogen) atoms. The SMILES string of the molecule is C=CCNC(=O)NC(=O)CN(CCO)CC(F)F. The Hall–Kier alpha value is -1.54. The van der Waals surface area contributed by atoms with Gasteiger partial charge >= 0.3 is 6.03 Å². The van der Waals surface area contributed by atoms with E-state index in [0.717, 1.165) is 4.90 Å². The predicted octanol–water partition coefficient (Wildman–Crippen LogP) is -0.442. The summed E-state index contributed by atoms with van der Waals surface area (Å²) in [5.74, 6) is -0.717. The van der Waals surface area contributed by atoms with E-state index in [1.54, 1.807) is 0 Å². The standard InChI is InChI=1S/C10H17F2N3O3/c1-2-3-13-10(18)14-9(17)7-15(4-5-16)6-8(11)12/h2,8,16H,1,3-7H2,(H2,13,14,17,18). The highest BCUT2D eigenvalue weighted by molar-refractivity contribution is 5.95. The third-order valence-electron chi connectivity index (χ3n) is 1.84. The van der Waals surface area contributed by atoms with E-state index in [0.29, 0.717) is 0 Å². The number of nitrogens with one attached hydrogen (secondary N) is 2. The lowest BCUT2D eigenvalue weighted by Gasteiger charge is -2.19. The van der Waals surface area contributed by atoms with Gasteiger partial charge in [0.05, 0.1) is 19.7 Å². The molecule has 3 N–H and O–H groups in total. The zero-order valence-electron chi connectivity index (χ0n) is 9.86. The van der Waals surface area contributed by atoms with Crippen molar-refractivity contribution in [2.75, 3.05) is 32.8 Å². The molecule has 104 valence electrons. The Kier molecular flexibility index (Phi) is 8.67. The van der Waals surface area contributed by atoms with E-state index in [1.807, 2.05) is 5.32 Å². The molecule has 0 fully saturated rings. The number of halogens is 2. The maximum atomic E-state index is 12.1. The third kappa shape index (κ3) is 8.59. The molecule has 6 nitrogen and oxygen atoms in total. The van der Waals surface area contributed by atoms with E-state index in [2.05, 4.69) is 11.9 Å². The van der Waals surface area contributed by atoms with Crippen LogP contribution in [0.2, 0.25) is 0 Å². The second-order valence-electron chi connectivity index (χ2n) is 3.40. The number of nitrogens with zero attached hydrogens (tertiary/aromatic N) is 1. The summed E-state index contributed by atoms with van der Waals surface area (Å²) in [5.41, 5.74) is 0. The first-order valence-corrected chi connectivity index (χ1v) is 5.29. The Labute approximate surface area is 104 Å². The van der Waals surface area contributed by atoms with Crippen molar-refractivity contribution in [3.63, 3.8) is 0 Å². The van der Waals surface area contributed by atoms with Crippen LogP contribution < -0.4 is 10.6 Å². The van der Waals surface area contributed by atoms with Gasteiger partial charge in [-0.25, -0.2) is 13.6 Å². The molecule has 0 aliphatic heterocycles. The number of hydrogen-bond acceptors (Lipinski definition) is 4. The topological polar surface area (TPSA) is 81.7 Å². The van der Waals surface area contributed by atoms with Crippen molar-refractivity contribution in [3.05, 3.63) is 12.7 Å². The van der Waals surface area contributed by atoms with Crippen LogP contribution in [0.4, 0.5) is 13.6 Å². The lowest BCUT2D eigenvalue weighted by Crippen LogP contribution is -2.46. The Morgan fingerprint density at radius 2 is 2.11 bits per heavy atom. The number of hydrogen-bond donors (Lipinski definition) is 3. The maximum Gasteiger partial charge on any atom is 0.321 e. The van der Waals surface area contributed by atoms with Crippen LogP contribution in [0.25, 0.3) is 0 Å². The van der Waals surface area contributed by atoms with Gasteiger partial charge in [0.2, 0.25) is 5.91 Å². The normalized spacial score (nSPS) is 10.5. The van der Waals surface area contributed by atoms with Gasteiger partial charge in [-0.15, -0.1) is 6.58 Å². The minimum atomic E-state index is -2.61. The van der Waals surface area contributed by atoms with Crippen molar-refractivity contribution in [3.8, 4) is 0 Å². The molecule has 0 heterocycles. The Morgan fingerprint density at radius 1 is 1.44 bits per heavy atom. The van der Waals surface area contributed by atoms with Crippen molar-refractivity contribution in [1.29, 1.82) is 0 Å². The molecule has 0 spiro atoms. The summed E-state index contributed by atoms with van der Waals surface area (Å²) >= 11 is 0. The van der Waals surface area contributed by atoms with Crippen LogP contribution in [0.1, 0.15) is 0 Å². The first-order valence-electron chi connectivity index (χ1n) is 5.29. The van der Waals surface area contributed by atoms with Crippen LogP contribution in [0.3, 0.4) is 0 Å². The third-order valence-corrected chi connectivity index (χ3v) is 1.84. The number of urea groups is 1. The number of aliphatic hydroxyl groups excluding tert-OH is 1. The van der Waals surface area contributed by atoms with Gasteiger partial charge in [-0.3, -0.25) is 15.0 Å². The van der Waals surface area contributed by atoms with Crippen molar-refractivity contribution in [2.45, 2.75) is 6.43 Å². The van der Waals surface area contributed by atoms with Crippen molar-refractivity contribution in [1.82, 2.24) is 15.5 Å². The number of imide groups is 1. The number of rotatable bonds is 8. The minimum Gasteiger partial charge on any atom is -0.395 e. The molecule has 8 heteroatoms. The van der Waals surface area contributed by atoms with Gasteiger partial charge in [-0.2, -0.15) is 0 Å². The van der Waals surface area contributed by atoms with E-state index >= 15 is 0 Å². The highest BCUT2D eigenvalue weighted by Gasteiger charge is 2.16. The van der Waals surface area contributed by atoms with E-state index < -0.39 is 24.9 Å². The second kappa shape index (κ2) is 9.49. The van der Waals surface area contributed by atoms with Gasteiger partial charge in [0.25, 0.3) is 6.43 Å². The minimum absolute atomic E-state index is 0.0635. The van der Waals surface area contributed by atoms with Crippen molar-refractivity contribution in [2.24, 2.45) is 0 Å². The van der Waals surface area contributed by atoms with Crippen LogP contribution >= 0.6 is 0 Å². The second-order valence-corrected chi connectivity index (χ2v) is 3.40. The first kappa shape index (κ1) is 16.5. The number of aliphatic hydroxyl groups is 1. The van der Waals surface area contributed by atoms with Crippen molar-refractivity contribution < 1.29 is 23.5 Å². The van der Waals surface area contributed by atoms with E-state index in [9.17, 15) is 18.4 Å². The van der Waals surface area contributed by atoms with Crippen LogP contribution in [0.5, 0.6) is 0 Å². The number of carbonyl (C=O) groups is 2. The van der Waals surface area contributed by atoms with Gasteiger partial charge in [0.1, 0.15) is 0 Å². The summed E-state index contributed by atoms with van der Waals surface area (Å²) in [5, 5.41) is 12.9. The fourth-order valence-electron chi connectivity index (χ4n) is 1.15. The van der Waals surface area contributed by atoms with Crippen LogP contribution in [-0.4, -0.2) is 61.2 Å². The molecule has 3 amide bonds. The van der Waals surface area contributed by atoms with Gasteiger partial charge in [-0.05, 0) is 0 Å². The summed E-state index contributed by atoms with van der Waals surface area (Å²) in [4.78, 5) is 23.4. The molecule has 0 atom stereocenters. The molecule has 0 bridgehead atoms. The van der Waals surface area contributed by atoms with E-state index in [-0.39, 0.29) is 26.2 Å². The molecular formula is C10H17F2N3O3. The first-order chi connectivity index (χ1) is 8.49. The summed E-state index contributed by atoms with van der Waals surface area (Å²) in [6, 6.07) is -0.721. The molecule has 0 unspecified atom stereocenters. The predicted molar refractivity (Wildman–Crippen MR) is 61.3 cm³/mol. The molecule has 0 aliphatic rings. The summed E-state index contributed by atoms with van der Waals surface area (Å²) in [6.07, 6.45) is -1.18. The lowest BCUT2D eigenvalue weighted by atomic mass is 10.4. The van der Waals surface area contributed by atoms with Crippen LogP contribution in [0, 0.1) is 0 Å². The monoisotopic (exact) mass is 265 g/mol. The molecule has 0 aromatic rings. The highest BCUT2D eigenvalue weighted by Crippen LogP contribution is 1.97. The zero-order valence-corrected chi connectivity index (χ0v) is 9.86. The zero-order chi connectivity index (χ0) is 14.0. The van der Waals surface area contributed by atoms with Gasteiger partial charge in [-0.1, -0.05) is 6.08 Å². The maximum absolute atomic E-state index is 12.1. The van der Waals surface area contributed by atoms with Gasteiger partial charge < -0.3 is 10.4 Å². The Morgan fingerprint density at radius 3 is 2.61 bits per heavy atom. The molecule has 0 saturated heterocycles. The largest absolute Gasteiger partial charge is 0.395 e. The molecule has 0 saturated carbocycles. The lowest BCUT2D eigenvalue weighted by molar-refractivity contribution is -0.121. The highest BCUT2D eigenvalue weighted by atomic mass is 19.3. The number of alkyl halides is 2. The molecule has 0 aliphatic carbocycles. The molecule has 0 rings (SSSR count). The quantitative estimate of drug-likeness (QED) is 0.520. The molecule has 0 aromatic carbocycles. The number of carbonyl (C=O) groups excluding carboxylic acids is 2. The van der Waals surface area contributed by atoms with Gasteiger partial charge in [0.15, 0.2) is 0 Å². The van der Waals surface area contributed by atoms with E-state index in [4.69, 9.17) is 5.11 Å². The molecular weight excluding hydrogens is 248 g/mol. The average molecular weight is 265 g/mol. The Balaban J connectivity index is 4.07. The summed E-state index contributed by atoms with van der Waals surface area (Å²) in [6.45, 7) is 2.13. The molecule has 0 radical (unpaired) electrons. The van der Waals surface area contributed by atoms with E-state index in [1.165, 1.54) is 6.08 Å². The fourth-order valence-corrected chi connectivity index (χ4v) is 1.15. The smallest absolute Gasteiger partial charge is 0.321 e. The summed E-state index contributed by atoms with van der Waals surface area (Å²) in [7, 11) is 0.